The van der Waals surface area contributed by atoms with Crippen LogP contribution in [0.5, 0.6) is 0 Å². The summed E-state index contributed by atoms with van der Waals surface area (Å²) in [5.41, 5.74) is 8.46. The molecule has 0 bridgehead atoms. The summed E-state index contributed by atoms with van der Waals surface area (Å²) in [6, 6.07) is 9.03. The fraction of sp³-hybridized carbons (Fsp3) is 0.455. The van der Waals surface area contributed by atoms with E-state index in [0.29, 0.717) is 12.0 Å². The average Bonchev–Trinajstić information content (AvgIpc) is 2.83. The van der Waals surface area contributed by atoms with E-state index in [1.165, 1.54) is 11.3 Å². The van der Waals surface area contributed by atoms with Crippen molar-refractivity contribution in [3.8, 4) is 0 Å². The van der Waals surface area contributed by atoms with Crippen LogP contribution in [0.15, 0.2) is 24.3 Å². The fourth-order valence-corrected chi connectivity index (χ4v) is 1.63. The number of nitrogens with two attached hydrogens (primary N) is 1. The molecule has 2 rings (SSSR count). The minimum absolute atomic E-state index is 0.400. The molecule has 0 radical (unpaired) electrons. The van der Waals surface area contributed by atoms with E-state index in [1.807, 2.05) is 0 Å². The Morgan fingerprint density at radius 3 is 2.62 bits per heavy atom. The Hall–Kier alpha value is -1.02. The number of nitrogens with zero attached hydrogens (tertiary/aromatic N) is 1. The highest BCUT2D eigenvalue weighted by atomic mass is 15.1. The number of hydrogen-bond acceptors (Lipinski definition) is 2. The lowest BCUT2D eigenvalue weighted by molar-refractivity contribution is 0.987. The zero-order chi connectivity index (χ0) is 9.42. The molecule has 0 unspecified atom stereocenters. The summed E-state index contributed by atoms with van der Waals surface area (Å²) >= 11 is 0. The van der Waals surface area contributed by atoms with Crippen LogP contribution in [0.25, 0.3) is 0 Å². The summed E-state index contributed by atoms with van der Waals surface area (Å²) in [4.78, 5) is 2.12. The highest BCUT2D eigenvalue weighted by Crippen LogP contribution is 2.39. The van der Waals surface area contributed by atoms with Crippen molar-refractivity contribution in [3.05, 3.63) is 29.8 Å². The van der Waals surface area contributed by atoms with Gasteiger partial charge in [-0.1, -0.05) is 12.1 Å². The zero-order valence-corrected chi connectivity index (χ0v) is 8.20. The molecule has 1 aromatic carbocycles. The summed E-state index contributed by atoms with van der Waals surface area (Å²) in [6.45, 7) is 0. The van der Waals surface area contributed by atoms with Gasteiger partial charge >= 0.3 is 0 Å². The van der Waals surface area contributed by atoms with Gasteiger partial charge in [0.15, 0.2) is 0 Å². The topological polar surface area (TPSA) is 29.3 Å². The number of hydrogen-bond donors (Lipinski definition) is 1. The van der Waals surface area contributed by atoms with E-state index in [4.69, 9.17) is 5.73 Å². The fourth-order valence-electron chi connectivity index (χ4n) is 1.63. The normalized spacial score (nSPS) is 25.8. The van der Waals surface area contributed by atoms with Crippen molar-refractivity contribution in [3.63, 3.8) is 0 Å². The van der Waals surface area contributed by atoms with Crippen molar-refractivity contribution in [1.82, 2.24) is 0 Å². The standard InChI is InChI=1S/C11H16N2/c1-13(2)9-5-3-4-8(6-9)10-7-11(10)12/h3-6,10-11H,7,12H2,1-2H3/t10-,11+/m0/s1. The van der Waals surface area contributed by atoms with Gasteiger partial charge in [0.25, 0.3) is 0 Å². The van der Waals surface area contributed by atoms with Crippen molar-refractivity contribution in [1.29, 1.82) is 0 Å². The van der Waals surface area contributed by atoms with Crippen molar-refractivity contribution >= 4 is 5.69 Å². The number of rotatable bonds is 2. The summed E-state index contributed by atoms with van der Waals surface area (Å²) in [5, 5.41) is 0. The van der Waals surface area contributed by atoms with Crippen LogP contribution >= 0.6 is 0 Å². The Morgan fingerprint density at radius 2 is 2.08 bits per heavy atom. The predicted molar refractivity (Wildman–Crippen MR) is 56.1 cm³/mol. The molecule has 1 aliphatic rings. The predicted octanol–water partition coefficient (Wildman–Crippen LogP) is 1.57. The molecule has 0 aliphatic heterocycles. The SMILES string of the molecule is CN(C)c1cccc([C@@H]2C[C@H]2N)c1. The van der Waals surface area contributed by atoms with Crippen LogP contribution in [0, 0.1) is 0 Å². The second-order valence-electron chi connectivity index (χ2n) is 4.00. The van der Waals surface area contributed by atoms with E-state index in [1.54, 1.807) is 0 Å². The van der Waals surface area contributed by atoms with E-state index in [-0.39, 0.29) is 0 Å². The maximum atomic E-state index is 5.81. The molecular weight excluding hydrogens is 160 g/mol. The Balaban J connectivity index is 2.23. The molecule has 2 heteroatoms. The van der Waals surface area contributed by atoms with Gasteiger partial charge in [0, 0.05) is 31.7 Å². The van der Waals surface area contributed by atoms with Crippen molar-refractivity contribution in [2.45, 2.75) is 18.4 Å². The van der Waals surface area contributed by atoms with E-state index < -0.39 is 0 Å². The molecular formula is C11H16N2. The van der Waals surface area contributed by atoms with Crippen LogP contribution in [-0.2, 0) is 0 Å². The minimum Gasteiger partial charge on any atom is -0.378 e. The lowest BCUT2D eigenvalue weighted by Gasteiger charge is -2.13. The second-order valence-corrected chi connectivity index (χ2v) is 4.00. The Bertz CT molecular complexity index is 307. The monoisotopic (exact) mass is 176 g/mol. The average molecular weight is 176 g/mol. The molecule has 0 amide bonds. The number of anilines is 1. The van der Waals surface area contributed by atoms with E-state index in [2.05, 4.69) is 43.3 Å². The zero-order valence-electron chi connectivity index (χ0n) is 8.20. The highest BCUT2D eigenvalue weighted by molar-refractivity contribution is 5.49. The molecule has 2 N–H and O–H groups in total. The van der Waals surface area contributed by atoms with Crippen LogP contribution in [0.3, 0.4) is 0 Å². The molecule has 1 aromatic rings. The van der Waals surface area contributed by atoms with Gasteiger partial charge in [-0.15, -0.1) is 0 Å². The van der Waals surface area contributed by atoms with Gasteiger partial charge in [-0.3, -0.25) is 0 Å². The third-order valence-electron chi connectivity index (χ3n) is 2.65. The highest BCUT2D eigenvalue weighted by Gasteiger charge is 2.34. The van der Waals surface area contributed by atoms with Crippen molar-refractivity contribution in [2.75, 3.05) is 19.0 Å². The minimum atomic E-state index is 0.400. The molecule has 0 heterocycles. The molecule has 1 aliphatic carbocycles. The maximum absolute atomic E-state index is 5.81. The molecule has 0 aromatic heterocycles. The van der Waals surface area contributed by atoms with Gasteiger partial charge in [-0.25, -0.2) is 0 Å². The molecule has 0 spiro atoms. The van der Waals surface area contributed by atoms with Crippen LogP contribution in [0.2, 0.25) is 0 Å². The Labute approximate surface area is 79.4 Å². The first-order valence-electron chi connectivity index (χ1n) is 4.71. The first kappa shape index (κ1) is 8.57. The van der Waals surface area contributed by atoms with Crippen LogP contribution in [0.1, 0.15) is 17.9 Å². The van der Waals surface area contributed by atoms with E-state index >= 15 is 0 Å². The summed E-state index contributed by atoms with van der Waals surface area (Å²) in [5.74, 6) is 0.611. The second kappa shape index (κ2) is 3.04. The molecule has 0 saturated heterocycles. The summed E-state index contributed by atoms with van der Waals surface area (Å²) in [6.07, 6.45) is 1.15. The molecule has 1 fully saturated rings. The third-order valence-corrected chi connectivity index (χ3v) is 2.65. The van der Waals surface area contributed by atoms with Gasteiger partial charge in [0.1, 0.15) is 0 Å². The first-order valence-corrected chi connectivity index (χ1v) is 4.71. The lowest BCUT2D eigenvalue weighted by atomic mass is 10.1. The maximum Gasteiger partial charge on any atom is 0.0363 e. The molecule has 70 valence electrons. The Kier molecular flexibility index (Phi) is 2.00. The quantitative estimate of drug-likeness (QED) is 0.741. The summed E-state index contributed by atoms with van der Waals surface area (Å²) in [7, 11) is 4.12. The molecule has 2 atom stereocenters. The smallest absolute Gasteiger partial charge is 0.0363 e. The van der Waals surface area contributed by atoms with Crippen molar-refractivity contribution < 1.29 is 0 Å². The molecule has 13 heavy (non-hydrogen) atoms. The van der Waals surface area contributed by atoms with Gasteiger partial charge < -0.3 is 10.6 Å². The number of benzene rings is 1. The van der Waals surface area contributed by atoms with Crippen LogP contribution in [-0.4, -0.2) is 20.1 Å². The van der Waals surface area contributed by atoms with E-state index in [0.717, 1.165) is 6.42 Å². The van der Waals surface area contributed by atoms with Gasteiger partial charge in [0.2, 0.25) is 0 Å². The van der Waals surface area contributed by atoms with Gasteiger partial charge in [0.05, 0.1) is 0 Å². The molecule has 1 saturated carbocycles. The van der Waals surface area contributed by atoms with Crippen molar-refractivity contribution in [2.24, 2.45) is 5.73 Å². The Morgan fingerprint density at radius 1 is 1.38 bits per heavy atom. The first-order chi connectivity index (χ1) is 6.18. The largest absolute Gasteiger partial charge is 0.378 e. The van der Waals surface area contributed by atoms with Gasteiger partial charge in [-0.05, 0) is 24.1 Å². The van der Waals surface area contributed by atoms with E-state index in [9.17, 15) is 0 Å². The lowest BCUT2D eigenvalue weighted by Crippen LogP contribution is -2.09. The van der Waals surface area contributed by atoms with Gasteiger partial charge in [-0.2, -0.15) is 0 Å². The summed E-state index contributed by atoms with van der Waals surface area (Å²) < 4.78 is 0. The third kappa shape index (κ3) is 1.68. The van der Waals surface area contributed by atoms with Crippen LogP contribution < -0.4 is 10.6 Å². The molecule has 2 nitrogen and oxygen atoms in total. The van der Waals surface area contributed by atoms with Crippen LogP contribution in [0.4, 0.5) is 5.69 Å².